The molecule has 1 unspecified atom stereocenters. The zero-order valence-electron chi connectivity index (χ0n) is 17.1. The standard InChI is InChI=1S/C22H33NO4.ClH/c1-3-4-5-6-7-14-26-18-8-9-19-20(15-18)27-16-22(19)10-12-23(13-11-22)17(2)21(24)25;/h8-9,15,17H,3-7,10-14,16H2,1-2H3,(H,24,25);1H. The molecule has 28 heavy (non-hydrogen) atoms. The fourth-order valence-corrected chi connectivity index (χ4v) is 4.25. The molecule has 2 heterocycles. The highest BCUT2D eigenvalue weighted by molar-refractivity contribution is 5.85. The number of rotatable bonds is 9. The molecule has 2 aliphatic heterocycles. The average molecular weight is 412 g/mol. The minimum atomic E-state index is -0.745. The summed E-state index contributed by atoms with van der Waals surface area (Å²) in [6, 6.07) is 5.83. The lowest BCUT2D eigenvalue weighted by Gasteiger charge is -2.40. The average Bonchev–Trinajstić information content (AvgIpc) is 3.02. The Kier molecular flexibility index (Phi) is 8.44. The number of unbranched alkanes of at least 4 members (excludes halogenated alkanes) is 4. The van der Waals surface area contributed by atoms with E-state index in [2.05, 4.69) is 24.0 Å². The molecule has 0 radical (unpaired) electrons. The highest BCUT2D eigenvalue weighted by Crippen LogP contribution is 2.46. The van der Waals surface area contributed by atoms with Crippen LogP contribution in [-0.2, 0) is 10.2 Å². The van der Waals surface area contributed by atoms with E-state index in [9.17, 15) is 9.90 Å². The number of likely N-dealkylation sites (tertiary alicyclic amines) is 1. The van der Waals surface area contributed by atoms with E-state index in [1.807, 2.05) is 6.07 Å². The highest BCUT2D eigenvalue weighted by atomic mass is 35.5. The van der Waals surface area contributed by atoms with Crippen LogP contribution < -0.4 is 9.47 Å². The zero-order chi connectivity index (χ0) is 19.3. The number of ether oxygens (including phenoxy) is 2. The van der Waals surface area contributed by atoms with E-state index in [0.717, 1.165) is 50.5 Å². The van der Waals surface area contributed by atoms with Crippen molar-refractivity contribution in [2.75, 3.05) is 26.3 Å². The molecule has 0 aliphatic carbocycles. The van der Waals surface area contributed by atoms with Crippen LogP contribution in [0.15, 0.2) is 18.2 Å². The number of carboxylic acids is 1. The van der Waals surface area contributed by atoms with E-state index in [4.69, 9.17) is 9.47 Å². The van der Waals surface area contributed by atoms with Gasteiger partial charge in [0.05, 0.1) is 13.2 Å². The molecule has 1 aromatic carbocycles. The SMILES string of the molecule is CCCCCCCOc1ccc2c(c1)OCC21CCN(C(C)C(=O)O)CC1.Cl. The second-order valence-corrected chi connectivity index (χ2v) is 8.04. The van der Waals surface area contributed by atoms with Crippen LogP contribution in [0.2, 0.25) is 0 Å². The monoisotopic (exact) mass is 411 g/mol. The van der Waals surface area contributed by atoms with Gasteiger partial charge in [-0.05, 0) is 45.3 Å². The summed E-state index contributed by atoms with van der Waals surface area (Å²) in [4.78, 5) is 13.3. The Morgan fingerprint density at radius 3 is 2.64 bits per heavy atom. The van der Waals surface area contributed by atoms with Crippen molar-refractivity contribution in [3.63, 3.8) is 0 Å². The largest absolute Gasteiger partial charge is 0.493 e. The van der Waals surface area contributed by atoms with Gasteiger partial charge in [0, 0.05) is 17.0 Å². The first-order chi connectivity index (χ1) is 13.1. The number of carboxylic acid groups (broad SMARTS) is 1. The molecule has 1 saturated heterocycles. The summed E-state index contributed by atoms with van der Waals surface area (Å²) in [5, 5.41) is 9.23. The van der Waals surface area contributed by atoms with E-state index < -0.39 is 12.0 Å². The lowest BCUT2D eigenvalue weighted by Crippen LogP contribution is -2.49. The second-order valence-electron chi connectivity index (χ2n) is 8.04. The van der Waals surface area contributed by atoms with Crippen LogP contribution in [0.4, 0.5) is 0 Å². The van der Waals surface area contributed by atoms with Crippen molar-refractivity contribution in [2.45, 2.75) is 70.3 Å². The molecule has 1 fully saturated rings. The summed E-state index contributed by atoms with van der Waals surface area (Å²) in [5.74, 6) is 1.09. The maximum Gasteiger partial charge on any atom is 0.320 e. The maximum atomic E-state index is 11.2. The molecule has 1 aromatic rings. The number of halogens is 1. The van der Waals surface area contributed by atoms with E-state index >= 15 is 0 Å². The van der Waals surface area contributed by atoms with Crippen LogP contribution in [0.25, 0.3) is 0 Å². The third-order valence-electron chi connectivity index (χ3n) is 6.21. The number of nitrogens with zero attached hydrogens (tertiary/aromatic N) is 1. The van der Waals surface area contributed by atoms with Gasteiger partial charge >= 0.3 is 5.97 Å². The fourth-order valence-electron chi connectivity index (χ4n) is 4.25. The molecular weight excluding hydrogens is 378 g/mol. The smallest absolute Gasteiger partial charge is 0.320 e. The lowest BCUT2D eigenvalue weighted by atomic mass is 9.74. The maximum absolute atomic E-state index is 11.2. The molecule has 1 atom stereocenters. The van der Waals surface area contributed by atoms with Crippen molar-refractivity contribution in [1.29, 1.82) is 0 Å². The Morgan fingerprint density at radius 2 is 1.96 bits per heavy atom. The minimum absolute atomic E-state index is 0. The van der Waals surface area contributed by atoms with E-state index in [-0.39, 0.29) is 17.8 Å². The van der Waals surface area contributed by atoms with Gasteiger partial charge in [0.2, 0.25) is 0 Å². The Hall–Kier alpha value is -1.46. The normalized spacial score (nSPS) is 18.8. The van der Waals surface area contributed by atoms with Crippen LogP contribution >= 0.6 is 12.4 Å². The predicted octanol–water partition coefficient (Wildman–Crippen LogP) is 4.66. The molecule has 0 bridgehead atoms. The summed E-state index contributed by atoms with van der Waals surface area (Å²) < 4.78 is 11.9. The molecule has 6 heteroatoms. The summed E-state index contributed by atoms with van der Waals surface area (Å²) in [6.07, 6.45) is 8.05. The van der Waals surface area contributed by atoms with Gasteiger partial charge in [-0.25, -0.2) is 0 Å². The Bertz CT molecular complexity index is 643. The highest BCUT2D eigenvalue weighted by Gasteiger charge is 2.44. The third kappa shape index (κ3) is 5.12. The number of hydrogen-bond donors (Lipinski definition) is 1. The first-order valence-corrected chi connectivity index (χ1v) is 10.4. The van der Waals surface area contributed by atoms with Crippen molar-refractivity contribution >= 4 is 18.4 Å². The number of piperidine rings is 1. The summed E-state index contributed by atoms with van der Waals surface area (Å²) in [5.41, 5.74) is 1.29. The van der Waals surface area contributed by atoms with Crippen molar-refractivity contribution in [1.82, 2.24) is 4.90 Å². The molecule has 0 saturated carbocycles. The number of benzene rings is 1. The number of fused-ring (bicyclic) bond motifs is 2. The van der Waals surface area contributed by atoms with Crippen LogP contribution in [0, 0.1) is 0 Å². The fraction of sp³-hybridized carbons (Fsp3) is 0.682. The molecule has 0 aromatic heterocycles. The Balaban J connectivity index is 0.00000280. The molecule has 158 valence electrons. The predicted molar refractivity (Wildman–Crippen MR) is 113 cm³/mol. The van der Waals surface area contributed by atoms with Gasteiger partial charge in [-0.15, -0.1) is 12.4 Å². The van der Waals surface area contributed by atoms with Crippen LogP contribution in [0.1, 0.15) is 64.4 Å². The quantitative estimate of drug-likeness (QED) is 0.599. The second kappa shape index (κ2) is 10.4. The first kappa shape index (κ1) is 22.8. The molecule has 2 aliphatic rings. The zero-order valence-corrected chi connectivity index (χ0v) is 17.9. The van der Waals surface area contributed by atoms with E-state index in [1.54, 1.807) is 6.92 Å². The Labute approximate surface area is 174 Å². The molecule has 3 rings (SSSR count). The summed E-state index contributed by atoms with van der Waals surface area (Å²) >= 11 is 0. The molecule has 1 N–H and O–H groups in total. The van der Waals surface area contributed by atoms with Crippen LogP contribution in [0.5, 0.6) is 11.5 Å². The van der Waals surface area contributed by atoms with Crippen molar-refractivity contribution in [3.05, 3.63) is 23.8 Å². The number of carbonyl (C=O) groups is 1. The third-order valence-corrected chi connectivity index (χ3v) is 6.21. The van der Waals surface area contributed by atoms with Gasteiger partial charge in [-0.1, -0.05) is 38.7 Å². The molecular formula is C22H34ClNO4. The number of hydrogen-bond acceptors (Lipinski definition) is 4. The van der Waals surface area contributed by atoms with Gasteiger partial charge in [-0.2, -0.15) is 0 Å². The molecule has 5 nitrogen and oxygen atoms in total. The summed E-state index contributed by atoms with van der Waals surface area (Å²) in [6.45, 7) is 7.04. The van der Waals surface area contributed by atoms with Crippen LogP contribution in [0.3, 0.4) is 0 Å². The van der Waals surface area contributed by atoms with Gasteiger partial charge in [0.1, 0.15) is 17.5 Å². The van der Waals surface area contributed by atoms with Gasteiger partial charge < -0.3 is 14.6 Å². The molecule has 0 amide bonds. The van der Waals surface area contributed by atoms with Crippen molar-refractivity contribution in [3.8, 4) is 11.5 Å². The summed E-state index contributed by atoms with van der Waals surface area (Å²) in [7, 11) is 0. The number of aliphatic carboxylic acids is 1. The van der Waals surface area contributed by atoms with E-state index in [0.29, 0.717) is 6.61 Å². The van der Waals surface area contributed by atoms with E-state index in [1.165, 1.54) is 31.2 Å². The van der Waals surface area contributed by atoms with Gasteiger partial charge in [0.15, 0.2) is 0 Å². The minimum Gasteiger partial charge on any atom is -0.493 e. The topological polar surface area (TPSA) is 59.0 Å². The van der Waals surface area contributed by atoms with Crippen molar-refractivity contribution < 1.29 is 19.4 Å². The first-order valence-electron chi connectivity index (χ1n) is 10.4. The van der Waals surface area contributed by atoms with Gasteiger partial charge in [0.25, 0.3) is 0 Å². The van der Waals surface area contributed by atoms with Crippen LogP contribution in [-0.4, -0.2) is 48.3 Å². The Morgan fingerprint density at radius 1 is 1.25 bits per heavy atom. The molecule has 1 spiro atoms. The van der Waals surface area contributed by atoms with Crippen molar-refractivity contribution in [2.24, 2.45) is 0 Å². The van der Waals surface area contributed by atoms with Gasteiger partial charge in [-0.3, -0.25) is 9.69 Å². The lowest BCUT2D eigenvalue weighted by molar-refractivity contribution is -0.143.